The van der Waals surface area contributed by atoms with E-state index in [2.05, 4.69) is 5.32 Å². The van der Waals surface area contributed by atoms with Gasteiger partial charge in [-0.15, -0.1) is 0 Å². The summed E-state index contributed by atoms with van der Waals surface area (Å²) in [7, 11) is 0. The molecular weight excluding hydrogens is 358 g/mol. The zero-order valence-corrected chi connectivity index (χ0v) is 14.9. The van der Waals surface area contributed by atoms with Crippen LogP contribution in [-0.2, 0) is 16.1 Å². The summed E-state index contributed by atoms with van der Waals surface area (Å²) in [6.07, 6.45) is -0.198. The summed E-state index contributed by atoms with van der Waals surface area (Å²) < 4.78 is 11.1. The minimum absolute atomic E-state index is 0.0258. The topological polar surface area (TPSA) is 84.9 Å². The Morgan fingerprint density at radius 3 is 2.35 bits per heavy atom. The normalized spacial score (nSPS) is 10.2. The molecule has 0 bridgehead atoms. The first-order chi connectivity index (χ1) is 12.5. The number of carboxylic acids is 1. The van der Waals surface area contributed by atoms with Crippen molar-refractivity contribution in [2.45, 2.75) is 19.4 Å². The van der Waals surface area contributed by atoms with Crippen LogP contribution in [0.3, 0.4) is 0 Å². The molecule has 26 heavy (non-hydrogen) atoms. The summed E-state index contributed by atoms with van der Waals surface area (Å²) in [6.45, 7) is 1.08. The number of aliphatic carboxylic acids is 1. The third-order valence-electron chi connectivity index (χ3n) is 3.43. The van der Waals surface area contributed by atoms with E-state index in [4.69, 9.17) is 26.2 Å². The molecule has 0 saturated carbocycles. The number of para-hydroxylation sites is 1. The second-order valence-electron chi connectivity index (χ2n) is 5.44. The van der Waals surface area contributed by atoms with Gasteiger partial charge in [-0.1, -0.05) is 35.9 Å². The highest BCUT2D eigenvalue weighted by Gasteiger charge is 2.05. The van der Waals surface area contributed by atoms with Crippen molar-refractivity contribution in [3.8, 4) is 11.5 Å². The van der Waals surface area contributed by atoms with Crippen LogP contribution < -0.4 is 14.8 Å². The molecule has 0 unspecified atom stereocenters. The maximum absolute atomic E-state index is 11.5. The van der Waals surface area contributed by atoms with Crippen molar-refractivity contribution in [2.24, 2.45) is 0 Å². The Morgan fingerprint density at radius 1 is 0.962 bits per heavy atom. The molecule has 6 nitrogen and oxygen atoms in total. The highest BCUT2D eigenvalue weighted by atomic mass is 35.5. The lowest BCUT2D eigenvalue weighted by atomic mass is 10.2. The van der Waals surface area contributed by atoms with E-state index in [0.717, 1.165) is 5.56 Å². The molecule has 0 aliphatic heterocycles. The Morgan fingerprint density at radius 2 is 1.65 bits per heavy atom. The Labute approximate surface area is 156 Å². The molecular formula is C19H20ClNO5. The first-order valence-electron chi connectivity index (χ1n) is 8.12. The van der Waals surface area contributed by atoms with E-state index in [1.54, 1.807) is 24.3 Å². The Kier molecular flexibility index (Phi) is 7.76. The molecule has 0 fully saturated rings. The van der Waals surface area contributed by atoms with Crippen LogP contribution in [0.15, 0.2) is 48.5 Å². The third-order valence-corrected chi connectivity index (χ3v) is 3.74. The summed E-state index contributed by atoms with van der Waals surface area (Å²) in [4.78, 5) is 21.9. The lowest BCUT2D eigenvalue weighted by Crippen LogP contribution is -2.23. The Hall–Kier alpha value is -2.73. The van der Waals surface area contributed by atoms with E-state index >= 15 is 0 Å². The van der Waals surface area contributed by atoms with Crippen LogP contribution in [0.4, 0.5) is 0 Å². The van der Waals surface area contributed by atoms with Gasteiger partial charge in [-0.25, -0.2) is 0 Å². The molecule has 0 aromatic heterocycles. The van der Waals surface area contributed by atoms with Gasteiger partial charge in [0.15, 0.2) is 0 Å². The van der Waals surface area contributed by atoms with Crippen LogP contribution >= 0.6 is 11.6 Å². The van der Waals surface area contributed by atoms with Crippen LogP contribution in [-0.4, -0.2) is 30.2 Å². The van der Waals surface area contributed by atoms with Crippen LogP contribution in [0.2, 0.25) is 5.02 Å². The van der Waals surface area contributed by atoms with E-state index in [-0.39, 0.29) is 18.7 Å². The number of ether oxygens (including phenoxy) is 2. The molecule has 0 aliphatic rings. The fourth-order valence-corrected chi connectivity index (χ4v) is 2.28. The van der Waals surface area contributed by atoms with Crippen LogP contribution in [0.1, 0.15) is 18.4 Å². The second-order valence-corrected chi connectivity index (χ2v) is 5.85. The number of amides is 1. The van der Waals surface area contributed by atoms with Crippen molar-refractivity contribution in [2.75, 3.05) is 13.2 Å². The zero-order valence-electron chi connectivity index (χ0n) is 14.1. The molecule has 2 aromatic rings. The third kappa shape index (κ3) is 7.03. The number of benzene rings is 2. The van der Waals surface area contributed by atoms with Gasteiger partial charge in [-0.05, 0) is 29.8 Å². The fourth-order valence-electron chi connectivity index (χ4n) is 2.09. The van der Waals surface area contributed by atoms with Gasteiger partial charge in [-0.3, -0.25) is 9.59 Å². The van der Waals surface area contributed by atoms with Gasteiger partial charge in [0.25, 0.3) is 0 Å². The molecule has 2 N–H and O–H groups in total. The number of carbonyl (C=O) groups excluding carboxylic acids is 1. The Bertz CT molecular complexity index is 733. The second kappa shape index (κ2) is 10.3. The van der Waals surface area contributed by atoms with E-state index in [1.165, 1.54) is 0 Å². The largest absolute Gasteiger partial charge is 0.490 e. The number of carbonyl (C=O) groups is 2. The van der Waals surface area contributed by atoms with Crippen LogP contribution in [0.5, 0.6) is 11.5 Å². The van der Waals surface area contributed by atoms with Gasteiger partial charge < -0.3 is 19.9 Å². The maximum Gasteiger partial charge on any atom is 0.303 e. The Balaban J connectivity index is 1.68. The number of rotatable bonds is 10. The minimum atomic E-state index is -0.986. The highest BCUT2D eigenvalue weighted by Crippen LogP contribution is 2.22. The van der Waals surface area contributed by atoms with Gasteiger partial charge >= 0.3 is 5.97 Å². The van der Waals surface area contributed by atoms with E-state index in [0.29, 0.717) is 36.3 Å². The number of nitrogens with one attached hydrogen (secondary N) is 1. The molecule has 138 valence electrons. The molecule has 1 amide bonds. The number of carboxylic acid groups (broad SMARTS) is 1. The first kappa shape index (κ1) is 19.6. The first-order valence-corrected chi connectivity index (χ1v) is 8.50. The molecule has 0 spiro atoms. The summed E-state index contributed by atoms with van der Waals surface area (Å²) in [5.74, 6) is 0.0325. The number of halogens is 1. The van der Waals surface area contributed by atoms with Crippen molar-refractivity contribution in [3.63, 3.8) is 0 Å². The van der Waals surface area contributed by atoms with Crippen LogP contribution in [0.25, 0.3) is 0 Å². The zero-order chi connectivity index (χ0) is 18.8. The van der Waals surface area contributed by atoms with Crippen molar-refractivity contribution < 1.29 is 24.2 Å². The van der Waals surface area contributed by atoms with Crippen molar-refractivity contribution in [1.29, 1.82) is 0 Å². The molecule has 0 aliphatic carbocycles. The smallest absolute Gasteiger partial charge is 0.303 e. The average molecular weight is 378 g/mol. The van der Waals surface area contributed by atoms with Gasteiger partial charge in [-0.2, -0.15) is 0 Å². The summed E-state index contributed by atoms with van der Waals surface area (Å²) in [5.41, 5.74) is 0.897. The quantitative estimate of drug-likeness (QED) is 0.621. The molecule has 2 aromatic carbocycles. The number of hydrogen-bond acceptors (Lipinski definition) is 4. The molecule has 0 atom stereocenters. The molecule has 0 heterocycles. The number of hydrogen-bond donors (Lipinski definition) is 2. The van der Waals surface area contributed by atoms with E-state index in [1.807, 2.05) is 24.3 Å². The maximum atomic E-state index is 11.5. The summed E-state index contributed by atoms with van der Waals surface area (Å²) in [5, 5.41) is 11.8. The lowest BCUT2D eigenvalue weighted by Gasteiger charge is -2.10. The van der Waals surface area contributed by atoms with Gasteiger partial charge in [0.05, 0.1) is 11.4 Å². The standard InChI is InChI=1S/C19H20ClNO5/c20-16-3-1-2-4-17(16)26-12-11-25-15-7-5-14(6-8-15)13-21-18(22)9-10-19(23)24/h1-8H,9-13H2,(H,21,22)(H,23,24). The van der Waals surface area contributed by atoms with Gasteiger partial charge in [0, 0.05) is 13.0 Å². The minimum Gasteiger partial charge on any atom is -0.490 e. The molecule has 0 radical (unpaired) electrons. The lowest BCUT2D eigenvalue weighted by molar-refractivity contribution is -0.138. The van der Waals surface area contributed by atoms with Crippen LogP contribution in [0, 0.1) is 0 Å². The predicted molar refractivity (Wildman–Crippen MR) is 97.6 cm³/mol. The van der Waals surface area contributed by atoms with Crippen molar-refractivity contribution in [3.05, 3.63) is 59.1 Å². The monoisotopic (exact) mass is 377 g/mol. The van der Waals surface area contributed by atoms with Crippen molar-refractivity contribution in [1.82, 2.24) is 5.32 Å². The van der Waals surface area contributed by atoms with Crippen molar-refractivity contribution >= 4 is 23.5 Å². The SMILES string of the molecule is O=C(O)CCC(=O)NCc1ccc(OCCOc2ccccc2Cl)cc1. The average Bonchev–Trinajstić information content (AvgIpc) is 2.64. The summed E-state index contributed by atoms with van der Waals surface area (Å²) >= 11 is 6.00. The molecule has 7 heteroatoms. The van der Waals surface area contributed by atoms with E-state index in [9.17, 15) is 9.59 Å². The molecule has 0 saturated heterocycles. The highest BCUT2D eigenvalue weighted by molar-refractivity contribution is 6.32. The van der Waals surface area contributed by atoms with E-state index < -0.39 is 5.97 Å². The fraction of sp³-hybridized carbons (Fsp3) is 0.263. The van der Waals surface area contributed by atoms with Gasteiger partial charge in [0.1, 0.15) is 24.7 Å². The predicted octanol–water partition coefficient (Wildman–Crippen LogP) is 3.28. The summed E-state index contributed by atoms with van der Waals surface area (Å²) in [6, 6.07) is 14.5. The molecule has 2 rings (SSSR count). The van der Waals surface area contributed by atoms with Gasteiger partial charge in [0.2, 0.25) is 5.91 Å².